The molecule has 1 aromatic carbocycles. The smallest absolute Gasteiger partial charge is 0.255 e. The zero-order chi connectivity index (χ0) is 19.2. The quantitative estimate of drug-likeness (QED) is 0.745. The summed E-state index contributed by atoms with van der Waals surface area (Å²) in [5.74, 6) is 1.76. The summed E-state index contributed by atoms with van der Waals surface area (Å²) in [4.78, 5) is 25.6. The van der Waals surface area contributed by atoms with Gasteiger partial charge in [0.1, 0.15) is 11.6 Å². The van der Waals surface area contributed by atoms with Crippen LogP contribution in [0, 0.1) is 0 Å². The van der Waals surface area contributed by atoms with Crippen LogP contribution in [0.3, 0.4) is 0 Å². The third-order valence-corrected chi connectivity index (χ3v) is 4.87. The van der Waals surface area contributed by atoms with Gasteiger partial charge in [-0.1, -0.05) is 36.4 Å². The molecule has 1 aliphatic heterocycles. The second-order valence-electron chi connectivity index (χ2n) is 6.74. The van der Waals surface area contributed by atoms with E-state index in [1.54, 1.807) is 12.4 Å². The minimum absolute atomic E-state index is 0.0304. The average molecular weight is 373 g/mol. The van der Waals surface area contributed by atoms with E-state index in [1.807, 2.05) is 53.4 Å². The second kappa shape index (κ2) is 8.52. The maximum absolute atomic E-state index is 12.8. The molecule has 1 amide bonds. The maximum atomic E-state index is 12.8. The van der Waals surface area contributed by atoms with E-state index in [4.69, 9.17) is 0 Å². The number of hydrogen-bond donors (Lipinski definition) is 1. The van der Waals surface area contributed by atoms with Crippen LogP contribution in [0.25, 0.3) is 0 Å². The zero-order valence-corrected chi connectivity index (χ0v) is 15.7. The lowest BCUT2D eigenvalue weighted by molar-refractivity contribution is 0.0746. The molecule has 0 atom stereocenters. The van der Waals surface area contributed by atoms with E-state index < -0.39 is 0 Å². The highest BCUT2D eigenvalue weighted by Gasteiger charge is 2.22. The summed E-state index contributed by atoms with van der Waals surface area (Å²) >= 11 is 0. The Bertz CT molecular complexity index is 891. The summed E-state index contributed by atoms with van der Waals surface area (Å²) in [6, 6.07) is 19.8. The highest BCUT2D eigenvalue weighted by atomic mass is 16.2. The molecule has 0 saturated carbocycles. The molecule has 0 radical (unpaired) electrons. The van der Waals surface area contributed by atoms with Crippen LogP contribution in [0.1, 0.15) is 15.9 Å². The summed E-state index contributed by atoms with van der Waals surface area (Å²) < 4.78 is 0. The van der Waals surface area contributed by atoms with Crippen molar-refractivity contribution in [1.82, 2.24) is 14.9 Å². The molecule has 4 rings (SSSR count). The fourth-order valence-electron chi connectivity index (χ4n) is 3.28. The van der Waals surface area contributed by atoms with Gasteiger partial charge in [-0.05, 0) is 29.8 Å². The molecule has 3 heterocycles. The molecule has 1 fully saturated rings. The molecule has 6 nitrogen and oxygen atoms in total. The SMILES string of the molecule is O=C(c1ccc(NCc2ccccc2)nc1)N1CCN(c2ccccn2)CC1. The standard InChI is InChI=1S/C22H23N5O/c28-22(27-14-12-26(13-15-27)21-8-4-5-11-23-21)19-9-10-20(25-17-19)24-16-18-6-2-1-3-7-18/h1-11,17H,12-16H2,(H,24,25). The highest BCUT2D eigenvalue weighted by Crippen LogP contribution is 2.15. The van der Waals surface area contributed by atoms with E-state index in [1.165, 1.54) is 5.56 Å². The van der Waals surface area contributed by atoms with Crippen LogP contribution in [0.15, 0.2) is 73.1 Å². The fraction of sp³-hybridized carbons (Fsp3) is 0.227. The Morgan fingerprint density at radius 2 is 1.68 bits per heavy atom. The van der Waals surface area contributed by atoms with E-state index in [2.05, 4.69) is 32.3 Å². The molecular weight excluding hydrogens is 350 g/mol. The van der Waals surface area contributed by atoms with E-state index in [0.29, 0.717) is 25.2 Å². The summed E-state index contributed by atoms with van der Waals surface area (Å²) in [6.45, 7) is 3.64. The number of benzene rings is 1. The average Bonchev–Trinajstić information content (AvgIpc) is 2.79. The van der Waals surface area contributed by atoms with Crippen LogP contribution in [0.4, 0.5) is 11.6 Å². The van der Waals surface area contributed by atoms with Crippen molar-refractivity contribution >= 4 is 17.5 Å². The lowest BCUT2D eigenvalue weighted by atomic mass is 10.2. The summed E-state index contributed by atoms with van der Waals surface area (Å²) in [7, 11) is 0. The van der Waals surface area contributed by atoms with Crippen LogP contribution in [-0.2, 0) is 6.54 Å². The van der Waals surface area contributed by atoms with Gasteiger partial charge in [0.05, 0.1) is 5.56 Å². The Morgan fingerprint density at radius 1 is 0.893 bits per heavy atom. The van der Waals surface area contributed by atoms with Gasteiger partial charge < -0.3 is 15.1 Å². The van der Waals surface area contributed by atoms with Crippen LogP contribution >= 0.6 is 0 Å². The van der Waals surface area contributed by atoms with E-state index in [9.17, 15) is 4.79 Å². The number of piperazine rings is 1. The Kier molecular flexibility index (Phi) is 5.47. The van der Waals surface area contributed by atoms with Crippen LogP contribution < -0.4 is 10.2 Å². The van der Waals surface area contributed by atoms with E-state index >= 15 is 0 Å². The van der Waals surface area contributed by atoms with Crippen molar-refractivity contribution in [2.75, 3.05) is 36.4 Å². The van der Waals surface area contributed by atoms with Crippen molar-refractivity contribution in [3.8, 4) is 0 Å². The number of carbonyl (C=O) groups excluding carboxylic acids is 1. The lowest BCUT2D eigenvalue weighted by Gasteiger charge is -2.35. The second-order valence-corrected chi connectivity index (χ2v) is 6.74. The fourth-order valence-corrected chi connectivity index (χ4v) is 3.28. The molecule has 0 aliphatic carbocycles. The molecule has 2 aromatic heterocycles. The summed E-state index contributed by atoms with van der Waals surface area (Å²) in [5, 5.41) is 3.28. The molecule has 0 spiro atoms. The minimum atomic E-state index is 0.0304. The third kappa shape index (κ3) is 4.28. The van der Waals surface area contributed by atoms with Gasteiger partial charge in [0.15, 0.2) is 0 Å². The summed E-state index contributed by atoms with van der Waals surface area (Å²) in [6.07, 6.45) is 3.45. The molecule has 1 saturated heterocycles. The monoisotopic (exact) mass is 373 g/mol. The van der Waals surface area contributed by atoms with Gasteiger partial charge in [-0.3, -0.25) is 4.79 Å². The molecular formula is C22H23N5O. The van der Waals surface area contributed by atoms with Crippen LogP contribution in [-0.4, -0.2) is 47.0 Å². The molecule has 3 aromatic rings. The number of amides is 1. The predicted octanol–water partition coefficient (Wildman–Crippen LogP) is 3.05. The van der Waals surface area contributed by atoms with E-state index in [0.717, 1.165) is 24.7 Å². The third-order valence-electron chi connectivity index (χ3n) is 4.87. The number of carbonyl (C=O) groups is 1. The van der Waals surface area contributed by atoms with Gasteiger partial charge in [-0.15, -0.1) is 0 Å². The van der Waals surface area contributed by atoms with Gasteiger partial charge >= 0.3 is 0 Å². The lowest BCUT2D eigenvalue weighted by Crippen LogP contribution is -2.49. The Hall–Kier alpha value is -3.41. The van der Waals surface area contributed by atoms with Gasteiger partial charge in [-0.25, -0.2) is 9.97 Å². The van der Waals surface area contributed by atoms with Crippen molar-refractivity contribution in [3.63, 3.8) is 0 Å². The van der Waals surface area contributed by atoms with Crippen molar-refractivity contribution < 1.29 is 4.79 Å². The molecule has 142 valence electrons. The predicted molar refractivity (Wildman–Crippen MR) is 110 cm³/mol. The molecule has 1 N–H and O–H groups in total. The molecule has 6 heteroatoms. The number of aromatic nitrogens is 2. The van der Waals surface area contributed by atoms with Crippen molar-refractivity contribution in [2.24, 2.45) is 0 Å². The largest absolute Gasteiger partial charge is 0.366 e. The maximum Gasteiger partial charge on any atom is 0.255 e. The number of rotatable bonds is 5. The number of nitrogens with zero attached hydrogens (tertiary/aromatic N) is 4. The first-order chi connectivity index (χ1) is 13.8. The first-order valence-corrected chi connectivity index (χ1v) is 9.49. The molecule has 1 aliphatic rings. The highest BCUT2D eigenvalue weighted by molar-refractivity contribution is 5.94. The van der Waals surface area contributed by atoms with Crippen molar-refractivity contribution in [1.29, 1.82) is 0 Å². The van der Waals surface area contributed by atoms with Gasteiger partial charge in [0.25, 0.3) is 5.91 Å². The minimum Gasteiger partial charge on any atom is -0.366 e. The number of nitrogens with one attached hydrogen (secondary N) is 1. The Labute approximate surface area is 164 Å². The van der Waals surface area contributed by atoms with Gasteiger partial charge in [0.2, 0.25) is 0 Å². The van der Waals surface area contributed by atoms with Crippen LogP contribution in [0.5, 0.6) is 0 Å². The zero-order valence-electron chi connectivity index (χ0n) is 15.7. The topological polar surface area (TPSA) is 61.4 Å². The molecule has 0 bridgehead atoms. The number of anilines is 2. The Balaban J connectivity index is 1.31. The van der Waals surface area contributed by atoms with Crippen molar-refractivity contribution in [3.05, 3.63) is 84.2 Å². The van der Waals surface area contributed by atoms with Crippen molar-refractivity contribution in [2.45, 2.75) is 6.54 Å². The van der Waals surface area contributed by atoms with Gasteiger partial charge in [-0.2, -0.15) is 0 Å². The normalized spacial score (nSPS) is 14.0. The summed E-state index contributed by atoms with van der Waals surface area (Å²) in [5.41, 5.74) is 1.81. The van der Waals surface area contributed by atoms with Gasteiger partial charge in [0, 0.05) is 45.1 Å². The number of pyridine rings is 2. The molecule has 0 unspecified atom stereocenters. The first-order valence-electron chi connectivity index (χ1n) is 9.49. The van der Waals surface area contributed by atoms with Crippen LogP contribution in [0.2, 0.25) is 0 Å². The first kappa shape index (κ1) is 18.0. The number of hydrogen-bond acceptors (Lipinski definition) is 5. The Morgan fingerprint density at radius 3 is 2.36 bits per heavy atom. The van der Waals surface area contributed by atoms with E-state index in [-0.39, 0.29) is 5.91 Å². The molecule has 28 heavy (non-hydrogen) atoms.